The summed E-state index contributed by atoms with van der Waals surface area (Å²) in [4.78, 5) is 21.5. The average Bonchev–Trinajstić information content (AvgIpc) is 3.21. The lowest BCUT2D eigenvalue weighted by molar-refractivity contribution is 0.180. The molecule has 0 saturated carbocycles. The molecule has 1 saturated heterocycles. The third kappa shape index (κ3) is 5.76. The maximum Gasteiger partial charge on any atom is 0.322 e. The number of pyridine rings is 1. The number of aromatic nitrogens is 1. The molecule has 2 amide bonds. The molecule has 5 rings (SSSR count). The molecule has 3 aromatic rings. The molecule has 1 spiro atoms. The number of anilines is 1. The lowest BCUT2D eigenvalue weighted by Gasteiger charge is -2.39. The Morgan fingerprint density at radius 1 is 1.00 bits per heavy atom. The smallest absolute Gasteiger partial charge is 0.322 e. The van der Waals surface area contributed by atoms with Gasteiger partial charge < -0.3 is 5.32 Å². The van der Waals surface area contributed by atoms with E-state index in [2.05, 4.69) is 27.4 Å². The van der Waals surface area contributed by atoms with Crippen molar-refractivity contribution in [2.75, 3.05) is 31.1 Å². The molecular weight excluding hydrogens is 550 g/mol. The second-order valence-electron chi connectivity index (χ2n) is 9.52. The van der Waals surface area contributed by atoms with Crippen LogP contribution in [0, 0.1) is 0 Å². The monoisotopic (exact) mass is 574 g/mol. The number of hydrogen-bond donors (Lipinski definition) is 1. The Kier molecular flexibility index (Phi) is 7.99. The van der Waals surface area contributed by atoms with Gasteiger partial charge in [0, 0.05) is 41.8 Å². The van der Waals surface area contributed by atoms with Crippen LogP contribution < -0.4 is 10.2 Å². The predicted octanol–water partition coefficient (Wildman–Crippen LogP) is 7.47. The summed E-state index contributed by atoms with van der Waals surface area (Å²) in [6.45, 7) is 3.66. The number of amides is 2. The van der Waals surface area contributed by atoms with E-state index in [9.17, 15) is 4.79 Å². The van der Waals surface area contributed by atoms with Gasteiger partial charge in [0.2, 0.25) is 0 Å². The number of likely N-dealkylation sites (tertiary alicyclic amines) is 1. The van der Waals surface area contributed by atoms with Gasteiger partial charge in [-0.15, -0.1) is 0 Å². The van der Waals surface area contributed by atoms with Crippen molar-refractivity contribution in [1.82, 2.24) is 15.2 Å². The first kappa shape index (κ1) is 26.3. The van der Waals surface area contributed by atoms with Crippen LogP contribution in [0.1, 0.15) is 29.5 Å². The van der Waals surface area contributed by atoms with Crippen molar-refractivity contribution >= 4 is 64.2 Å². The highest BCUT2D eigenvalue weighted by Crippen LogP contribution is 2.50. The quantitative estimate of drug-likeness (QED) is 0.321. The largest absolute Gasteiger partial charge is 0.334 e. The normalized spacial score (nSPS) is 16.9. The van der Waals surface area contributed by atoms with Crippen molar-refractivity contribution in [2.45, 2.75) is 24.8 Å². The molecule has 5 nitrogen and oxygen atoms in total. The molecule has 0 unspecified atom stereocenters. The van der Waals surface area contributed by atoms with Crippen molar-refractivity contribution < 1.29 is 4.79 Å². The van der Waals surface area contributed by atoms with Crippen molar-refractivity contribution in [3.05, 3.63) is 97.7 Å². The van der Waals surface area contributed by atoms with Crippen LogP contribution in [0.2, 0.25) is 20.2 Å². The van der Waals surface area contributed by atoms with Gasteiger partial charge >= 0.3 is 6.03 Å². The third-order valence-corrected chi connectivity index (χ3v) is 8.44. The molecule has 0 radical (unpaired) electrons. The zero-order chi connectivity index (χ0) is 26.0. The first-order valence-electron chi connectivity index (χ1n) is 12.1. The molecule has 0 bridgehead atoms. The fourth-order valence-corrected chi connectivity index (χ4v) is 6.14. The second kappa shape index (κ2) is 11.2. The van der Waals surface area contributed by atoms with Gasteiger partial charge in [-0.05, 0) is 73.5 Å². The van der Waals surface area contributed by atoms with Crippen LogP contribution in [0.15, 0.2) is 60.8 Å². The summed E-state index contributed by atoms with van der Waals surface area (Å²) in [7, 11) is 0. The van der Waals surface area contributed by atoms with Crippen molar-refractivity contribution in [1.29, 1.82) is 0 Å². The van der Waals surface area contributed by atoms with Crippen LogP contribution >= 0.6 is 46.4 Å². The minimum absolute atomic E-state index is 0.139. The van der Waals surface area contributed by atoms with Crippen molar-refractivity contribution in [2.24, 2.45) is 0 Å². The molecule has 0 aliphatic carbocycles. The van der Waals surface area contributed by atoms with Gasteiger partial charge in [0.15, 0.2) is 0 Å². The second-order valence-corrected chi connectivity index (χ2v) is 11.1. The van der Waals surface area contributed by atoms with Crippen LogP contribution in [-0.2, 0) is 12.0 Å². The van der Waals surface area contributed by atoms with Gasteiger partial charge in [0.1, 0.15) is 5.15 Å². The molecule has 2 aliphatic rings. The number of nitrogens with zero attached hydrogens (tertiary/aromatic N) is 3. The number of halogens is 4. The number of carbonyl (C=O) groups is 1. The summed E-state index contributed by atoms with van der Waals surface area (Å²) in [6.07, 6.45) is 7.70. The summed E-state index contributed by atoms with van der Waals surface area (Å²) in [5.41, 5.74) is 3.75. The van der Waals surface area contributed by atoms with E-state index in [0.29, 0.717) is 28.3 Å². The number of hydrogen-bond acceptors (Lipinski definition) is 3. The molecule has 1 aromatic heterocycles. The molecule has 9 heteroatoms. The van der Waals surface area contributed by atoms with Gasteiger partial charge in [-0.3, -0.25) is 9.80 Å². The van der Waals surface area contributed by atoms with Gasteiger partial charge in [0.25, 0.3) is 0 Å². The Morgan fingerprint density at radius 3 is 2.57 bits per heavy atom. The predicted molar refractivity (Wildman–Crippen MR) is 153 cm³/mol. The number of fused-ring (bicyclic) bond motifs is 2. The molecule has 1 N–H and O–H groups in total. The number of benzene rings is 2. The topological polar surface area (TPSA) is 48.5 Å². The Labute approximate surface area is 237 Å². The van der Waals surface area contributed by atoms with Crippen LogP contribution in [0.4, 0.5) is 10.5 Å². The molecule has 2 aliphatic heterocycles. The highest BCUT2D eigenvalue weighted by molar-refractivity contribution is 6.42. The Balaban J connectivity index is 1.25. The highest BCUT2D eigenvalue weighted by atomic mass is 35.5. The Hall–Kier alpha value is -2.28. The van der Waals surface area contributed by atoms with Crippen molar-refractivity contribution in [3.8, 4) is 0 Å². The SMILES string of the molecule is O=C(NCc1ccnc(Cl)c1)N1CC2(CCN(CC=Cc3ccc(Cl)c(Cl)c3)CC2)c2c(Cl)cccc21. The van der Waals surface area contributed by atoms with E-state index in [-0.39, 0.29) is 11.4 Å². The van der Waals surface area contributed by atoms with E-state index >= 15 is 0 Å². The third-order valence-electron chi connectivity index (χ3n) is 7.18. The minimum Gasteiger partial charge on any atom is -0.334 e. The molecule has 37 heavy (non-hydrogen) atoms. The number of nitrogens with one attached hydrogen (secondary N) is 1. The Bertz CT molecular complexity index is 1340. The van der Waals surface area contributed by atoms with Gasteiger partial charge in [-0.1, -0.05) is 70.7 Å². The van der Waals surface area contributed by atoms with E-state index in [4.69, 9.17) is 46.4 Å². The summed E-state index contributed by atoms with van der Waals surface area (Å²) in [5.74, 6) is 0. The molecule has 0 atom stereocenters. The zero-order valence-electron chi connectivity index (χ0n) is 20.1. The molecule has 2 aromatic carbocycles. The lowest BCUT2D eigenvalue weighted by atomic mass is 9.74. The number of urea groups is 1. The average molecular weight is 576 g/mol. The van der Waals surface area contributed by atoms with Crippen molar-refractivity contribution in [3.63, 3.8) is 0 Å². The highest BCUT2D eigenvalue weighted by Gasteiger charge is 2.47. The molecule has 192 valence electrons. The Morgan fingerprint density at radius 2 is 1.81 bits per heavy atom. The van der Waals surface area contributed by atoms with E-state index in [1.165, 1.54) is 0 Å². The van der Waals surface area contributed by atoms with E-state index < -0.39 is 0 Å². The van der Waals surface area contributed by atoms with E-state index in [0.717, 1.165) is 59.9 Å². The maximum atomic E-state index is 13.3. The number of carbonyl (C=O) groups excluding carboxylic acids is 1. The van der Waals surface area contributed by atoms with Crippen LogP contribution in [0.25, 0.3) is 6.08 Å². The van der Waals surface area contributed by atoms with Crippen LogP contribution in [0.3, 0.4) is 0 Å². The van der Waals surface area contributed by atoms with E-state index in [1.54, 1.807) is 12.3 Å². The molecule has 1 fully saturated rings. The number of piperidine rings is 1. The van der Waals surface area contributed by atoms with E-state index in [1.807, 2.05) is 47.4 Å². The standard InChI is InChI=1S/C28H26Cl4N4O/c29-21-7-6-19(15-23(21)31)3-2-12-35-13-9-28(10-14-35)18-36(24-5-1-4-22(30)26(24)28)27(37)34-17-20-8-11-33-25(32)16-20/h1-8,11,15-16H,9-10,12-14,17-18H2,(H,34,37). The molecule has 3 heterocycles. The van der Waals surface area contributed by atoms with Crippen LogP contribution in [0.5, 0.6) is 0 Å². The van der Waals surface area contributed by atoms with Crippen LogP contribution in [-0.4, -0.2) is 42.1 Å². The summed E-state index contributed by atoms with van der Waals surface area (Å²) >= 11 is 24.9. The zero-order valence-corrected chi connectivity index (χ0v) is 23.1. The fraction of sp³-hybridized carbons (Fsp3) is 0.286. The maximum absolute atomic E-state index is 13.3. The summed E-state index contributed by atoms with van der Waals surface area (Å²) in [5, 5.41) is 5.27. The van der Waals surface area contributed by atoms with Gasteiger partial charge in [-0.25, -0.2) is 9.78 Å². The fourth-order valence-electron chi connectivity index (χ4n) is 5.26. The number of rotatable bonds is 5. The first-order chi connectivity index (χ1) is 17.8. The first-order valence-corrected chi connectivity index (χ1v) is 13.6. The summed E-state index contributed by atoms with van der Waals surface area (Å²) < 4.78 is 0. The summed E-state index contributed by atoms with van der Waals surface area (Å²) in [6, 6.07) is 14.9. The van der Waals surface area contributed by atoms with Gasteiger partial charge in [-0.2, -0.15) is 0 Å². The molecular formula is C28H26Cl4N4O. The van der Waals surface area contributed by atoms with Gasteiger partial charge in [0.05, 0.1) is 15.7 Å². The lowest BCUT2D eigenvalue weighted by Crippen LogP contribution is -2.47. The minimum atomic E-state index is -0.158.